The number of carbonyl (C=O) groups excluding carboxylic acids is 1. The van der Waals surface area contributed by atoms with Gasteiger partial charge in [0.15, 0.2) is 0 Å². The molecule has 7 nitrogen and oxygen atoms in total. The highest BCUT2D eigenvalue weighted by Gasteiger charge is 2.16. The van der Waals surface area contributed by atoms with E-state index in [9.17, 15) is 14.9 Å². The monoisotopic (exact) mass is 428 g/mol. The molecule has 0 bridgehead atoms. The van der Waals surface area contributed by atoms with Crippen molar-refractivity contribution in [2.75, 3.05) is 6.54 Å². The molecule has 0 saturated carbocycles. The number of hydrogen-bond acceptors (Lipinski definition) is 5. The minimum Gasteiger partial charge on any atom is -0.294 e. The first-order valence-electron chi connectivity index (χ1n) is 10.5. The van der Waals surface area contributed by atoms with Crippen LogP contribution in [0, 0.1) is 10.1 Å². The summed E-state index contributed by atoms with van der Waals surface area (Å²) in [5.74, 6) is -0.326. The summed E-state index contributed by atoms with van der Waals surface area (Å²) in [4.78, 5) is 25.3. The van der Waals surface area contributed by atoms with Gasteiger partial charge in [0, 0.05) is 42.9 Å². The SMILES string of the molecule is C/C(=N/NC(=O)c1ccc(CN2CCc3ccccc3C2)cc1)c1cccc([N+](=O)[O-])c1. The number of amides is 1. The third-order valence-corrected chi connectivity index (χ3v) is 5.63. The van der Waals surface area contributed by atoms with Crippen LogP contribution in [0.25, 0.3) is 0 Å². The Morgan fingerprint density at radius 2 is 1.78 bits per heavy atom. The van der Waals surface area contributed by atoms with Gasteiger partial charge in [-0.2, -0.15) is 5.10 Å². The molecule has 1 heterocycles. The van der Waals surface area contributed by atoms with Gasteiger partial charge in [0.1, 0.15) is 0 Å². The maximum Gasteiger partial charge on any atom is 0.271 e. The van der Waals surface area contributed by atoms with Crippen molar-refractivity contribution in [2.45, 2.75) is 26.4 Å². The van der Waals surface area contributed by atoms with Crippen LogP contribution in [0.1, 0.15) is 39.5 Å². The van der Waals surface area contributed by atoms with Gasteiger partial charge in [-0.3, -0.25) is 19.8 Å². The minimum absolute atomic E-state index is 0.0174. The highest BCUT2D eigenvalue weighted by molar-refractivity contribution is 6.01. The number of hydrazone groups is 1. The number of nitrogens with one attached hydrogen (secondary N) is 1. The van der Waals surface area contributed by atoms with Gasteiger partial charge in [-0.15, -0.1) is 0 Å². The first-order chi connectivity index (χ1) is 15.5. The average Bonchev–Trinajstić information content (AvgIpc) is 2.82. The quantitative estimate of drug-likeness (QED) is 0.360. The van der Waals surface area contributed by atoms with E-state index in [0.717, 1.165) is 31.6 Å². The summed E-state index contributed by atoms with van der Waals surface area (Å²) in [6.07, 6.45) is 1.05. The maximum absolute atomic E-state index is 12.5. The number of nitro benzene ring substituents is 1. The molecule has 0 saturated heterocycles. The van der Waals surface area contributed by atoms with Crippen LogP contribution in [0.15, 0.2) is 77.9 Å². The van der Waals surface area contributed by atoms with Crippen LogP contribution in [-0.2, 0) is 19.5 Å². The standard InChI is InChI=1S/C25H24N4O3/c1-18(22-7-4-8-24(15-22)29(31)32)26-27-25(30)21-11-9-19(10-12-21)16-28-14-13-20-5-2-3-6-23(20)17-28/h2-12,15H,13-14,16-17H2,1H3,(H,27,30)/b26-18-. The van der Waals surface area contributed by atoms with Crippen molar-refractivity contribution in [3.05, 3.63) is 111 Å². The molecule has 0 aliphatic carbocycles. The molecule has 0 spiro atoms. The van der Waals surface area contributed by atoms with E-state index in [1.54, 1.807) is 31.2 Å². The Balaban J connectivity index is 1.36. The summed E-state index contributed by atoms with van der Waals surface area (Å²) in [5.41, 5.74) is 8.05. The zero-order valence-electron chi connectivity index (χ0n) is 17.8. The predicted molar refractivity (Wildman–Crippen MR) is 123 cm³/mol. The van der Waals surface area contributed by atoms with Crippen molar-refractivity contribution in [3.8, 4) is 0 Å². The largest absolute Gasteiger partial charge is 0.294 e. The Labute approximate surface area is 186 Å². The second-order valence-electron chi connectivity index (χ2n) is 7.87. The van der Waals surface area contributed by atoms with Crippen LogP contribution in [0.3, 0.4) is 0 Å². The van der Waals surface area contributed by atoms with E-state index in [1.807, 2.05) is 12.1 Å². The normalized spacial score (nSPS) is 14.0. The van der Waals surface area contributed by atoms with Gasteiger partial charge in [-0.05, 0) is 42.2 Å². The van der Waals surface area contributed by atoms with E-state index in [2.05, 4.69) is 39.7 Å². The number of carbonyl (C=O) groups is 1. The molecule has 0 unspecified atom stereocenters. The molecule has 3 aromatic carbocycles. The van der Waals surface area contributed by atoms with Gasteiger partial charge >= 0.3 is 0 Å². The highest BCUT2D eigenvalue weighted by atomic mass is 16.6. The van der Waals surface area contributed by atoms with Gasteiger partial charge in [-0.1, -0.05) is 48.5 Å². The van der Waals surface area contributed by atoms with Gasteiger partial charge in [0.25, 0.3) is 11.6 Å². The van der Waals surface area contributed by atoms with Crippen LogP contribution in [-0.4, -0.2) is 28.0 Å². The fourth-order valence-corrected chi connectivity index (χ4v) is 3.82. The lowest BCUT2D eigenvalue weighted by Gasteiger charge is -2.28. The van der Waals surface area contributed by atoms with Crippen molar-refractivity contribution < 1.29 is 9.72 Å². The van der Waals surface area contributed by atoms with Crippen molar-refractivity contribution in [3.63, 3.8) is 0 Å². The van der Waals surface area contributed by atoms with E-state index in [1.165, 1.54) is 23.3 Å². The van der Waals surface area contributed by atoms with Crippen molar-refractivity contribution in [2.24, 2.45) is 5.10 Å². The van der Waals surface area contributed by atoms with E-state index < -0.39 is 4.92 Å². The number of nitro groups is 1. The summed E-state index contributed by atoms with van der Waals surface area (Å²) >= 11 is 0. The number of hydrogen-bond donors (Lipinski definition) is 1. The summed E-state index contributed by atoms with van der Waals surface area (Å²) in [6.45, 7) is 4.48. The molecule has 0 radical (unpaired) electrons. The Morgan fingerprint density at radius 3 is 2.53 bits per heavy atom. The van der Waals surface area contributed by atoms with Crippen molar-refractivity contribution >= 4 is 17.3 Å². The van der Waals surface area contributed by atoms with Gasteiger partial charge in [-0.25, -0.2) is 5.43 Å². The molecule has 3 aromatic rings. The van der Waals surface area contributed by atoms with Gasteiger partial charge in [0.2, 0.25) is 0 Å². The molecular weight excluding hydrogens is 404 g/mol. The van der Waals surface area contributed by atoms with Crippen LogP contribution < -0.4 is 5.43 Å². The molecule has 1 amide bonds. The van der Waals surface area contributed by atoms with Gasteiger partial charge in [0.05, 0.1) is 10.6 Å². The highest BCUT2D eigenvalue weighted by Crippen LogP contribution is 2.20. The number of non-ortho nitro benzene ring substituents is 1. The van der Waals surface area contributed by atoms with Crippen LogP contribution in [0.2, 0.25) is 0 Å². The second kappa shape index (κ2) is 9.53. The lowest BCUT2D eigenvalue weighted by molar-refractivity contribution is -0.384. The third-order valence-electron chi connectivity index (χ3n) is 5.63. The van der Waals surface area contributed by atoms with E-state index >= 15 is 0 Å². The average molecular weight is 428 g/mol. The molecule has 1 aliphatic heterocycles. The van der Waals surface area contributed by atoms with E-state index in [4.69, 9.17) is 0 Å². The number of benzene rings is 3. The number of rotatable bonds is 6. The molecule has 0 fully saturated rings. The predicted octanol–water partition coefficient (Wildman–Crippen LogP) is 4.31. The molecule has 4 rings (SSSR count). The second-order valence-corrected chi connectivity index (χ2v) is 7.87. The summed E-state index contributed by atoms with van der Waals surface area (Å²) in [5, 5.41) is 15.0. The fraction of sp³-hybridized carbons (Fsp3) is 0.200. The Morgan fingerprint density at radius 1 is 1.03 bits per heavy atom. The fourth-order valence-electron chi connectivity index (χ4n) is 3.82. The molecule has 1 aliphatic rings. The number of nitrogens with zero attached hydrogens (tertiary/aromatic N) is 3. The molecular formula is C25H24N4O3. The van der Waals surface area contributed by atoms with Gasteiger partial charge < -0.3 is 0 Å². The molecule has 162 valence electrons. The Kier molecular flexibility index (Phi) is 6.37. The lowest BCUT2D eigenvalue weighted by atomic mass is 9.99. The smallest absolute Gasteiger partial charge is 0.271 e. The molecule has 0 aromatic heterocycles. The zero-order valence-corrected chi connectivity index (χ0v) is 17.8. The Hall–Kier alpha value is -3.84. The first-order valence-corrected chi connectivity index (χ1v) is 10.5. The van der Waals surface area contributed by atoms with E-state index in [-0.39, 0.29) is 11.6 Å². The maximum atomic E-state index is 12.5. The minimum atomic E-state index is -0.459. The summed E-state index contributed by atoms with van der Waals surface area (Å²) < 4.78 is 0. The third kappa shape index (κ3) is 5.07. The van der Waals surface area contributed by atoms with E-state index in [0.29, 0.717) is 16.8 Å². The molecule has 7 heteroatoms. The zero-order chi connectivity index (χ0) is 22.5. The molecule has 0 atom stereocenters. The van der Waals surface area contributed by atoms with Crippen LogP contribution >= 0.6 is 0 Å². The van der Waals surface area contributed by atoms with Crippen molar-refractivity contribution in [1.82, 2.24) is 10.3 Å². The molecule has 1 N–H and O–H groups in total. The summed E-state index contributed by atoms with van der Waals surface area (Å²) in [6, 6.07) is 22.2. The first kappa shape index (κ1) is 21.4. The number of fused-ring (bicyclic) bond motifs is 1. The Bertz CT molecular complexity index is 1170. The van der Waals surface area contributed by atoms with Crippen LogP contribution in [0.4, 0.5) is 5.69 Å². The molecule has 32 heavy (non-hydrogen) atoms. The lowest BCUT2D eigenvalue weighted by Crippen LogP contribution is -2.30. The summed E-state index contributed by atoms with van der Waals surface area (Å²) in [7, 11) is 0. The topological polar surface area (TPSA) is 87.8 Å². The van der Waals surface area contributed by atoms with Crippen molar-refractivity contribution in [1.29, 1.82) is 0 Å². The van der Waals surface area contributed by atoms with Crippen LogP contribution in [0.5, 0.6) is 0 Å².